The summed E-state index contributed by atoms with van der Waals surface area (Å²) in [6.07, 6.45) is -0.217. The molecule has 1 aliphatic rings. The maximum atomic E-state index is 12.5. The first kappa shape index (κ1) is 19.3. The highest BCUT2D eigenvalue weighted by Gasteiger charge is 2.31. The molecular formula is C17H29N3O3S. The summed E-state index contributed by atoms with van der Waals surface area (Å²) >= 11 is 0. The molecule has 0 aliphatic carbocycles. The summed E-state index contributed by atoms with van der Waals surface area (Å²) < 4.78 is 34.6. The highest BCUT2D eigenvalue weighted by Crippen LogP contribution is 2.18. The summed E-state index contributed by atoms with van der Waals surface area (Å²) in [4.78, 5) is 0. The highest BCUT2D eigenvalue weighted by molar-refractivity contribution is 7.87. The van der Waals surface area contributed by atoms with Crippen LogP contribution in [0.2, 0.25) is 0 Å². The molecule has 1 fully saturated rings. The van der Waals surface area contributed by atoms with Crippen LogP contribution in [0.1, 0.15) is 50.8 Å². The van der Waals surface area contributed by atoms with Gasteiger partial charge in [0.1, 0.15) is 0 Å². The minimum Gasteiger partial charge on any atom is -0.373 e. The molecule has 0 aromatic heterocycles. The Morgan fingerprint density at radius 2 is 1.67 bits per heavy atom. The van der Waals surface area contributed by atoms with E-state index in [2.05, 4.69) is 18.6 Å². The van der Waals surface area contributed by atoms with Gasteiger partial charge >= 0.3 is 0 Å². The van der Waals surface area contributed by atoms with Gasteiger partial charge < -0.3 is 10.5 Å². The van der Waals surface area contributed by atoms with Crippen molar-refractivity contribution in [2.45, 2.75) is 51.9 Å². The molecule has 1 aromatic rings. The van der Waals surface area contributed by atoms with E-state index in [-0.39, 0.29) is 24.8 Å². The summed E-state index contributed by atoms with van der Waals surface area (Å²) in [6.45, 7) is 8.90. The van der Waals surface area contributed by atoms with Gasteiger partial charge in [0.15, 0.2) is 0 Å². The third kappa shape index (κ3) is 5.00. The number of nitrogens with zero attached hydrogens (tertiary/aromatic N) is 1. The zero-order valence-electron chi connectivity index (χ0n) is 14.9. The first-order chi connectivity index (χ1) is 11.2. The standard InChI is InChI=1S/C17H29N3O3S/c1-12(2)15-5-7-16(8-6-15)17(18)9-19-24(21,22)20-10-13(3)23-14(4)11-20/h5-8,12-14,17,19H,9-11,18H2,1-4H3. The number of morpholine rings is 1. The van der Waals surface area contributed by atoms with E-state index in [0.29, 0.717) is 19.0 Å². The lowest BCUT2D eigenvalue weighted by Crippen LogP contribution is -2.52. The van der Waals surface area contributed by atoms with Crippen molar-refractivity contribution >= 4 is 10.2 Å². The van der Waals surface area contributed by atoms with Crippen LogP contribution in [0.4, 0.5) is 0 Å². The molecule has 0 bridgehead atoms. The van der Waals surface area contributed by atoms with Crippen molar-refractivity contribution in [2.24, 2.45) is 5.73 Å². The first-order valence-electron chi connectivity index (χ1n) is 8.44. The van der Waals surface area contributed by atoms with Crippen molar-refractivity contribution in [1.29, 1.82) is 0 Å². The fourth-order valence-corrected chi connectivity index (χ4v) is 4.24. The van der Waals surface area contributed by atoms with Gasteiger partial charge in [-0.1, -0.05) is 38.1 Å². The molecule has 1 aromatic carbocycles. The molecule has 0 saturated carbocycles. The van der Waals surface area contributed by atoms with Gasteiger partial charge in [0.05, 0.1) is 12.2 Å². The molecule has 3 N–H and O–H groups in total. The van der Waals surface area contributed by atoms with E-state index in [0.717, 1.165) is 5.56 Å². The largest absolute Gasteiger partial charge is 0.373 e. The molecule has 3 unspecified atom stereocenters. The molecule has 0 amide bonds. The van der Waals surface area contributed by atoms with Crippen LogP contribution in [-0.4, -0.2) is 44.6 Å². The monoisotopic (exact) mass is 355 g/mol. The second kappa shape index (κ2) is 7.93. The van der Waals surface area contributed by atoms with Crippen LogP contribution in [0.15, 0.2) is 24.3 Å². The molecule has 0 spiro atoms. The van der Waals surface area contributed by atoms with Gasteiger partial charge in [0.25, 0.3) is 10.2 Å². The van der Waals surface area contributed by atoms with Gasteiger partial charge in [-0.2, -0.15) is 12.7 Å². The van der Waals surface area contributed by atoms with Gasteiger partial charge in [0, 0.05) is 25.7 Å². The summed E-state index contributed by atoms with van der Waals surface area (Å²) in [6, 6.07) is 7.64. The molecule has 3 atom stereocenters. The van der Waals surface area contributed by atoms with Crippen molar-refractivity contribution in [3.63, 3.8) is 0 Å². The predicted octanol–water partition coefficient (Wildman–Crippen LogP) is 1.75. The predicted molar refractivity (Wildman–Crippen MR) is 96.0 cm³/mol. The Morgan fingerprint density at radius 3 is 2.17 bits per heavy atom. The Balaban J connectivity index is 1.95. The Bertz CT molecular complexity index is 621. The maximum Gasteiger partial charge on any atom is 0.279 e. The van der Waals surface area contributed by atoms with E-state index in [1.54, 1.807) is 0 Å². The van der Waals surface area contributed by atoms with E-state index in [1.165, 1.54) is 9.87 Å². The molecule has 2 rings (SSSR count). The zero-order valence-corrected chi connectivity index (χ0v) is 15.7. The van der Waals surface area contributed by atoms with Gasteiger partial charge in [-0.25, -0.2) is 4.72 Å². The lowest BCUT2D eigenvalue weighted by atomic mass is 9.99. The van der Waals surface area contributed by atoms with E-state index in [9.17, 15) is 8.42 Å². The van der Waals surface area contributed by atoms with Gasteiger partial charge in [-0.3, -0.25) is 0 Å². The van der Waals surface area contributed by atoms with Crippen molar-refractivity contribution in [1.82, 2.24) is 9.03 Å². The van der Waals surface area contributed by atoms with Crippen molar-refractivity contribution in [3.05, 3.63) is 35.4 Å². The fourth-order valence-electron chi connectivity index (χ4n) is 2.86. The van der Waals surface area contributed by atoms with E-state index < -0.39 is 10.2 Å². The van der Waals surface area contributed by atoms with Crippen molar-refractivity contribution in [2.75, 3.05) is 19.6 Å². The third-order valence-corrected chi connectivity index (χ3v) is 5.75. The second-order valence-electron chi connectivity index (χ2n) is 6.86. The molecule has 1 aliphatic heterocycles. The number of nitrogens with two attached hydrogens (primary N) is 1. The number of hydrogen-bond donors (Lipinski definition) is 2. The summed E-state index contributed by atoms with van der Waals surface area (Å²) in [5.41, 5.74) is 8.30. The van der Waals surface area contributed by atoms with Crippen molar-refractivity contribution < 1.29 is 13.2 Å². The minimum atomic E-state index is -3.55. The summed E-state index contributed by atoms with van der Waals surface area (Å²) in [7, 11) is -3.55. The van der Waals surface area contributed by atoms with Crippen LogP contribution >= 0.6 is 0 Å². The first-order valence-corrected chi connectivity index (χ1v) is 9.88. The van der Waals surface area contributed by atoms with E-state index >= 15 is 0 Å². The lowest BCUT2D eigenvalue weighted by Gasteiger charge is -2.34. The maximum absolute atomic E-state index is 12.5. The van der Waals surface area contributed by atoms with Gasteiger partial charge in [0.2, 0.25) is 0 Å². The summed E-state index contributed by atoms with van der Waals surface area (Å²) in [5.74, 6) is 0.457. The Morgan fingerprint density at radius 1 is 1.17 bits per heavy atom. The third-order valence-electron chi connectivity index (χ3n) is 4.24. The number of hydrogen-bond acceptors (Lipinski definition) is 4. The molecule has 1 heterocycles. The number of ether oxygens (including phenoxy) is 1. The smallest absolute Gasteiger partial charge is 0.279 e. The van der Waals surface area contributed by atoms with Gasteiger partial charge in [-0.05, 0) is 30.9 Å². The fraction of sp³-hybridized carbons (Fsp3) is 0.647. The van der Waals surface area contributed by atoms with Crippen LogP contribution in [0, 0.1) is 0 Å². The van der Waals surface area contributed by atoms with Crippen LogP contribution in [0.25, 0.3) is 0 Å². The van der Waals surface area contributed by atoms with Crippen molar-refractivity contribution in [3.8, 4) is 0 Å². The highest BCUT2D eigenvalue weighted by atomic mass is 32.2. The molecule has 7 heteroatoms. The molecule has 0 radical (unpaired) electrons. The second-order valence-corrected chi connectivity index (χ2v) is 8.61. The topological polar surface area (TPSA) is 84.7 Å². The van der Waals surface area contributed by atoms with Crippen LogP contribution < -0.4 is 10.5 Å². The molecular weight excluding hydrogens is 326 g/mol. The number of rotatable bonds is 6. The van der Waals surface area contributed by atoms with Crippen LogP contribution in [0.3, 0.4) is 0 Å². The molecule has 24 heavy (non-hydrogen) atoms. The lowest BCUT2D eigenvalue weighted by molar-refractivity contribution is -0.0443. The quantitative estimate of drug-likeness (QED) is 0.814. The average molecular weight is 356 g/mol. The molecule has 1 saturated heterocycles. The normalized spacial score (nSPS) is 24.2. The zero-order chi connectivity index (χ0) is 17.9. The Labute approximate surface area is 145 Å². The van der Waals surface area contributed by atoms with E-state index in [4.69, 9.17) is 10.5 Å². The van der Waals surface area contributed by atoms with Crippen LogP contribution in [-0.2, 0) is 14.9 Å². The molecule has 136 valence electrons. The SMILES string of the molecule is CC1CN(S(=O)(=O)NCC(N)c2ccc(C(C)C)cc2)CC(C)O1. The number of nitrogens with one attached hydrogen (secondary N) is 1. The average Bonchev–Trinajstić information content (AvgIpc) is 2.52. The van der Waals surface area contributed by atoms with E-state index in [1.807, 2.05) is 38.1 Å². The number of benzene rings is 1. The Hall–Kier alpha value is -0.990. The Kier molecular flexibility index (Phi) is 6.39. The van der Waals surface area contributed by atoms with Crippen LogP contribution in [0.5, 0.6) is 0 Å². The minimum absolute atomic E-state index is 0.109. The van der Waals surface area contributed by atoms with Gasteiger partial charge in [-0.15, -0.1) is 0 Å². The molecule has 6 nitrogen and oxygen atoms in total. The summed E-state index contributed by atoms with van der Waals surface area (Å²) in [5, 5.41) is 0.